The molecule has 112 valence electrons. The van der Waals surface area contributed by atoms with E-state index in [0.717, 1.165) is 0 Å². The van der Waals surface area contributed by atoms with E-state index >= 15 is 0 Å². The van der Waals surface area contributed by atoms with E-state index in [9.17, 15) is 8.42 Å². The second kappa shape index (κ2) is 8.49. The highest BCUT2D eigenvalue weighted by Crippen LogP contribution is 2.15. The summed E-state index contributed by atoms with van der Waals surface area (Å²) in [5.41, 5.74) is 1.03. The first-order chi connectivity index (χ1) is 8.49. The zero-order valence-corrected chi connectivity index (χ0v) is 12.9. The van der Waals surface area contributed by atoms with E-state index in [1.165, 1.54) is 0 Å². The third-order valence-corrected chi connectivity index (χ3v) is 4.13. The number of rotatable bonds is 8. The summed E-state index contributed by atoms with van der Waals surface area (Å²) < 4.78 is 31.4. The Balaban J connectivity index is 0.00000324. The molecule has 3 N–H and O–H groups in total. The molecule has 0 aliphatic carbocycles. The Morgan fingerprint density at radius 3 is 2.47 bits per heavy atom. The van der Waals surface area contributed by atoms with Crippen molar-refractivity contribution >= 4 is 22.4 Å². The molecule has 0 radical (unpaired) electrons. The summed E-state index contributed by atoms with van der Waals surface area (Å²) in [6.45, 7) is 5.53. The van der Waals surface area contributed by atoms with Crippen LogP contribution in [0.2, 0.25) is 0 Å². The molecule has 0 aliphatic rings. The van der Waals surface area contributed by atoms with Crippen molar-refractivity contribution in [3.05, 3.63) is 11.4 Å². The maximum atomic E-state index is 12.0. The smallest absolute Gasteiger partial charge is 0.244 e. The number of aryl methyl sites for hydroxylation is 2. The van der Waals surface area contributed by atoms with Crippen molar-refractivity contribution in [1.82, 2.24) is 20.2 Å². The van der Waals surface area contributed by atoms with Crippen LogP contribution in [0.5, 0.6) is 0 Å². The third-order valence-electron chi connectivity index (χ3n) is 2.41. The topological polar surface area (TPSA) is 96.1 Å². The van der Waals surface area contributed by atoms with Crippen LogP contribution in [0.15, 0.2) is 4.90 Å². The van der Waals surface area contributed by atoms with Crippen LogP contribution in [-0.4, -0.2) is 52.0 Å². The number of sulfonamides is 1. The minimum Gasteiger partial charge on any atom is -0.383 e. The van der Waals surface area contributed by atoms with E-state index in [1.54, 1.807) is 21.0 Å². The quantitative estimate of drug-likeness (QED) is 0.586. The Bertz CT molecular complexity index is 456. The molecule has 0 fully saturated rings. The van der Waals surface area contributed by atoms with Gasteiger partial charge in [0.15, 0.2) is 0 Å². The fourth-order valence-corrected chi connectivity index (χ4v) is 2.98. The molecule has 0 spiro atoms. The van der Waals surface area contributed by atoms with Gasteiger partial charge in [0.2, 0.25) is 10.0 Å². The number of hydrogen-bond donors (Lipinski definition) is 3. The average molecular weight is 313 g/mol. The predicted octanol–water partition coefficient (Wildman–Crippen LogP) is -0.0374. The van der Waals surface area contributed by atoms with Crippen molar-refractivity contribution in [2.24, 2.45) is 0 Å². The maximum absolute atomic E-state index is 12.0. The van der Waals surface area contributed by atoms with Gasteiger partial charge in [-0.05, 0) is 13.8 Å². The van der Waals surface area contributed by atoms with E-state index < -0.39 is 10.0 Å². The van der Waals surface area contributed by atoms with Gasteiger partial charge >= 0.3 is 0 Å². The lowest BCUT2D eigenvalue weighted by Crippen LogP contribution is -2.33. The molecule has 0 unspecified atom stereocenters. The van der Waals surface area contributed by atoms with Gasteiger partial charge in [-0.1, -0.05) is 0 Å². The summed E-state index contributed by atoms with van der Waals surface area (Å²) >= 11 is 0. The number of methoxy groups -OCH3 is 1. The van der Waals surface area contributed by atoms with Gasteiger partial charge < -0.3 is 10.1 Å². The Morgan fingerprint density at radius 2 is 1.95 bits per heavy atom. The highest BCUT2D eigenvalue weighted by atomic mass is 35.5. The molecule has 19 heavy (non-hydrogen) atoms. The lowest BCUT2D eigenvalue weighted by atomic mass is 10.4. The molecule has 1 aromatic heterocycles. The number of nitrogens with one attached hydrogen (secondary N) is 3. The SMILES string of the molecule is COCCNCCNS(=O)(=O)c1c(C)n[nH]c1C.Cl. The van der Waals surface area contributed by atoms with Crippen molar-refractivity contribution in [2.75, 3.05) is 33.4 Å². The summed E-state index contributed by atoms with van der Waals surface area (Å²) in [6.07, 6.45) is 0. The molecule has 7 nitrogen and oxygen atoms in total. The fourth-order valence-electron chi connectivity index (χ4n) is 1.58. The molecule has 0 amide bonds. The Morgan fingerprint density at radius 1 is 1.26 bits per heavy atom. The van der Waals surface area contributed by atoms with Crippen LogP contribution in [0.4, 0.5) is 0 Å². The fraction of sp³-hybridized carbons (Fsp3) is 0.700. The van der Waals surface area contributed by atoms with Crippen LogP contribution < -0.4 is 10.0 Å². The first kappa shape index (κ1) is 18.3. The first-order valence-electron chi connectivity index (χ1n) is 5.70. The van der Waals surface area contributed by atoms with Crippen molar-refractivity contribution in [3.63, 3.8) is 0 Å². The Labute approximate surface area is 120 Å². The van der Waals surface area contributed by atoms with Crippen LogP contribution in [0.3, 0.4) is 0 Å². The van der Waals surface area contributed by atoms with E-state index in [4.69, 9.17) is 4.74 Å². The predicted molar refractivity (Wildman–Crippen MR) is 75.2 cm³/mol. The molecule has 1 rings (SSSR count). The van der Waals surface area contributed by atoms with Gasteiger partial charge in [0.1, 0.15) is 4.90 Å². The largest absolute Gasteiger partial charge is 0.383 e. The second-order valence-corrected chi connectivity index (χ2v) is 5.61. The van der Waals surface area contributed by atoms with Crippen molar-refractivity contribution in [2.45, 2.75) is 18.7 Å². The summed E-state index contributed by atoms with van der Waals surface area (Å²) in [7, 11) is -1.87. The van der Waals surface area contributed by atoms with E-state index in [1.807, 2.05) is 0 Å². The van der Waals surface area contributed by atoms with Gasteiger partial charge in [0.25, 0.3) is 0 Å². The molecule has 0 saturated heterocycles. The van der Waals surface area contributed by atoms with Gasteiger partial charge in [0, 0.05) is 26.7 Å². The number of aromatic nitrogens is 2. The first-order valence-corrected chi connectivity index (χ1v) is 7.18. The number of hydrogen-bond acceptors (Lipinski definition) is 5. The molecule has 1 heterocycles. The number of halogens is 1. The minimum atomic E-state index is -3.49. The molecule has 9 heteroatoms. The molecule has 0 bridgehead atoms. The number of aromatic amines is 1. The zero-order valence-electron chi connectivity index (χ0n) is 11.3. The molecule has 0 aromatic carbocycles. The molecule has 1 aromatic rings. The lowest BCUT2D eigenvalue weighted by molar-refractivity contribution is 0.199. The zero-order chi connectivity index (χ0) is 13.6. The summed E-state index contributed by atoms with van der Waals surface area (Å²) in [4.78, 5) is 0.236. The van der Waals surface area contributed by atoms with Crippen molar-refractivity contribution in [3.8, 4) is 0 Å². The van der Waals surface area contributed by atoms with Gasteiger partial charge in [0.05, 0.1) is 18.0 Å². The molecule has 0 atom stereocenters. The van der Waals surface area contributed by atoms with Crippen LogP contribution in [-0.2, 0) is 14.8 Å². The number of H-pyrrole nitrogens is 1. The van der Waals surface area contributed by atoms with Gasteiger partial charge in [-0.3, -0.25) is 5.10 Å². The standard InChI is InChI=1S/C10H20N4O3S.ClH/c1-8-10(9(2)14-13-8)18(15,16)12-5-4-11-6-7-17-3;/h11-12H,4-7H2,1-3H3,(H,13,14);1H. The highest BCUT2D eigenvalue weighted by molar-refractivity contribution is 7.89. The Kier molecular flexibility index (Phi) is 8.19. The minimum absolute atomic E-state index is 0. The Hall–Kier alpha value is -0.670. The van der Waals surface area contributed by atoms with Crippen LogP contribution >= 0.6 is 12.4 Å². The number of ether oxygens (including phenoxy) is 1. The van der Waals surface area contributed by atoms with Gasteiger partial charge in [-0.25, -0.2) is 13.1 Å². The highest BCUT2D eigenvalue weighted by Gasteiger charge is 2.21. The van der Waals surface area contributed by atoms with Crippen LogP contribution in [0.25, 0.3) is 0 Å². The van der Waals surface area contributed by atoms with Gasteiger partial charge in [-0.2, -0.15) is 5.10 Å². The van der Waals surface area contributed by atoms with E-state index in [2.05, 4.69) is 20.2 Å². The average Bonchev–Trinajstić information content (AvgIpc) is 2.64. The summed E-state index contributed by atoms with van der Waals surface area (Å²) in [5, 5.41) is 9.59. The van der Waals surface area contributed by atoms with Crippen LogP contribution in [0, 0.1) is 13.8 Å². The summed E-state index contributed by atoms with van der Waals surface area (Å²) in [5.74, 6) is 0. The molecule has 0 saturated carbocycles. The van der Waals surface area contributed by atoms with Crippen molar-refractivity contribution in [1.29, 1.82) is 0 Å². The molecular formula is C10H21ClN4O3S. The lowest BCUT2D eigenvalue weighted by Gasteiger charge is -2.07. The number of nitrogens with zero attached hydrogens (tertiary/aromatic N) is 1. The monoisotopic (exact) mass is 312 g/mol. The van der Waals surface area contributed by atoms with Crippen LogP contribution in [0.1, 0.15) is 11.4 Å². The maximum Gasteiger partial charge on any atom is 0.244 e. The van der Waals surface area contributed by atoms with Gasteiger partial charge in [-0.15, -0.1) is 12.4 Å². The van der Waals surface area contributed by atoms with E-state index in [-0.39, 0.29) is 17.3 Å². The summed E-state index contributed by atoms with van der Waals surface area (Å²) in [6, 6.07) is 0. The third kappa shape index (κ3) is 5.45. The van der Waals surface area contributed by atoms with Crippen molar-refractivity contribution < 1.29 is 13.2 Å². The van der Waals surface area contributed by atoms with E-state index in [0.29, 0.717) is 37.6 Å². The second-order valence-electron chi connectivity index (χ2n) is 3.90. The molecular weight excluding hydrogens is 292 g/mol. The normalized spacial score (nSPS) is 11.3. The molecule has 0 aliphatic heterocycles.